The van der Waals surface area contributed by atoms with Crippen LogP contribution in [0, 0.1) is 5.92 Å². The summed E-state index contributed by atoms with van der Waals surface area (Å²) in [5.74, 6) is -0.398. The molecule has 0 aromatic carbocycles. The van der Waals surface area contributed by atoms with E-state index in [-0.39, 0.29) is 18.5 Å². The quantitative estimate of drug-likeness (QED) is 0.713. The molecule has 5 nitrogen and oxygen atoms in total. The zero-order chi connectivity index (χ0) is 12.8. The molecule has 1 aliphatic carbocycles. The summed E-state index contributed by atoms with van der Waals surface area (Å²) in [4.78, 5) is 24.1. The number of urea groups is 1. The first-order chi connectivity index (χ1) is 8.04. The highest BCUT2D eigenvalue weighted by Crippen LogP contribution is 2.26. The van der Waals surface area contributed by atoms with Crippen LogP contribution in [0.15, 0.2) is 0 Å². The number of carboxylic acids is 1. The normalized spacial score (nSPS) is 16.4. The van der Waals surface area contributed by atoms with E-state index in [0.717, 1.165) is 19.3 Å². The van der Waals surface area contributed by atoms with Crippen LogP contribution in [-0.2, 0) is 4.79 Å². The summed E-state index contributed by atoms with van der Waals surface area (Å²) in [6.45, 7) is 5.14. The van der Waals surface area contributed by atoms with Crippen LogP contribution < -0.4 is 5.32 Å². The van der Waals surface area contributed by atoms with Crippen molar-refractivity contribution in [3.63, 3.8) is 0 Å². The molecule has 98 valence electrons. The molecule has 1 unspecified atom stereocenters. The second-order valence-corrected chi connectivity index (χ2v) is 4.77. The third kappa shape index (κ3) is 5.06. The fourth-order valence-corrected chi connectivity index (χ4v) is 1.56. The molecule has 0 saturated heterocycles. The van der Waals surface area contributed by atoms with E-state index in [0.29, 0.717) is 19.0 Å². The van der Waals surface area contributed by atoms with Crippen molar-refractivity contribution in [1.29, 1.82) is 0 Å². The second-order valence-electron chi connectivity index (χ2n) is 4.77. The lowest BCUT2D eigenvalue weighted by Crippen LogP contribution is -2.43. The summed E-state index contributed by atoms with van der Waals surface area (Å²) in [5, 5.41) is 11.5. The maximum absolute atomic E-state index is 11.9. The number of carbonyl (C=O) groups is 2. The minimum absolute atomic E-state index is 0.0211. The van der Waals surface area contributed by atoms with Crippen LogP contribution in [-0.4, -0.2) is 41.1 Å². The van der Waals surface area contributed by atoms with Gasteiger partial charge >= 0.3 is 12.0 Å². The van der Waals surface area contributed by atoms with Gasteiger partial charge in [0.2, 0.25) is 0 Å². The van der Waals surface area contributed by atoms with Crippen molar-refractivity contribution in [2.75, 3.05) is 13.1 Å². The number of aliphatic carboxylic acids is 1. The molecule has 1 atom stereocenters. The van der Waals surface area contributed by atoms with Crippen LogP contribution in [0.4, 0.5) is 4.79 Å². The van der Waals surface area contributed by atoms with Crippen LogP contribution in [0.2, 0.25) is 0 Å². The van der Waals surface area contributed by atoms with Gasteiger partial charge in [0.05, 0.1) is 6.42 Å². The number of hydrogen-bond donors (Lipinski definition) is 2. The van der Waals surface area contributed by atoms with E-state index < -0.39 is 5.97 Å². The fraction of sp³-hybridized carbons (Fsp3) is 0.833. The first-order valence-corrected chi connectivity index (χ1v) is 6.30. The van der Waals surface area contributed by atoms with Gasteiger partial charge in [-0.3, -0.25) is 4.79 Å². The molecule has 2 N–H and O–H groups in total. The summed E-state index contributed by atoms with van der Waals surface area (Å²) in [7, 11) is 0. The Labute approximate surface area is 102 Å². The average Bonchev–Trinajstić information content (AvgIpc) is 3.09. The lowest BCUT2D eigenvalue weighted by Gasteiger charge is -2.23. The van der Waals surface area contributed by atoms with E-state index in [4.69, 9.17) is 5.11 Å². The van der Waals surface area contributed by atoms with Gasteiger partial charge in [0.1, 0.15) is 0 Å². The van der Waals surface area contributed by atoms with Crippen molar-refractivity contribution < 1.29 is 14.7 Å². The Morgan fingerprint density at radius 2 is 2.12 bits per heavy atom. The summed E-state index contributed by atoms with van der Waals surface area (Å²) in [6, 6.07) is 0.139. The molecule has 17 heavy (non-hydrogen) atoms. The van der Waals surface area contributed by atoms with Gasteiger partial charge in [-0.25, -0.2) is 4.79 Å². The van der Waals surface area contributed by atoms with Crippen molar-refractivity contribution in [2.45, 2.75) is 45.6 Å². The van der Waals surface area contributed by atoms with Crippen LogP contribution in [0.3, 0.4) is 0 Å². The summed E-state index contributed by atoms with van der Waals surface area (Å²) in [5.41, 5.74) is 0. The standard InChI is InChI=1S/C12H22N2O3/c1-3-9(2)8-13-12(17)14(10-4-5-10)7-6-11(15)16/h9-10H,3-8H2,1-2H3,(H,13,17)(H,15,16). The Kier molecular flexibility index (Phi) is 5.25. The lowest BCUT2D eigenvalue weighted by molar-refractivity contribution is -0.137. The topological polar surface area (TPSA) is 69.6 Å². The van der Waals surface area contributed by atoms with Gasteiger partial charge in [0.25, 0.3) is 0 Å². The molecule has 1 rings (SSSR count). The number of carbonyl (C=O) groups excluding carboxylic acids is 1. The first-order valence-electron chi connectivity index (χ1n) is 6.30. The number of nitrogens with one attached hydrogen (secondary N) is 1. The van der Waals surface area contributed by atoms with Gasteiger partial charge in [0, 0.05) is 19.1 Å². The molecule has 1 aliphatic rings. The van der Waals surface area contributed by atoms with Gasteiger partial charge in [-0.2, -0.15) is 0 Å². The van der Waals surface area contributed by atoms with Gasteiger partial charge in [-0.05, 0) is 18.8 Å². The Morgan fingerprint density at radius 1 is 1.47 bits per heavy atom. The first kappa shape index (κ1) is 13.8. The third-order valence-corrected chi connectivity index (χ3v) is 3.11. The average molecular weight is 242 g/mol. The molecule has 1 saturated carbocycles. The number of amides is 2. The van der Waals surface area contributed by atoms with Gasteiger partial charge < -0.3 is 15.3 Å². The zero-order valence-corrected chi connectivity index (χ0v) is 10.6. The smallest absolute Gasteiger partial charge is 0.317 e. The van der Waals surface area contributed by atoms with Crippen LogP contribution >= 0.6 is 0 Å². The molecule has 5 heteroatoms. The van der Waals surface area contributed by atoms with E-state index in [1.54, 1.807) is 4.90 Å². The molecule has 0 bridgehead atoms. The van der Waals surface area contributed by atoms with Crippen LogP contribution in [0.1, 0.15) is 39.5 Å². The minimum atomic E-state index is -0.856. The van der Waals surface area contributed by atoms with E-state index in [1.165, 1.54) is 0 Å². The van der Waals surface area contributed by atoms with E-state index in [9.17, 15) is 9.59 Å². The Bertz CT molecular complexity index is 277. The SMILES string of the molecule is CCC(C)CNC(=O)N(CCC(=O)O)C1CC1. The molecule has 0 radical (unpaired) electrons. The zero-order valence-electron chi connectivity index (χ0n) is 10.6. The van der Waals surface area contributed by atoms with E-state index in [2.05, 4.69) is 19.2 Å². The number of hydrogen-bond acceptors (Lipinski definition) is 2. The van der Waals surface area contributed by atoms with Gasteiger partial charge in [0.15, 0.2) is 0 Å². The van der Waals surface area contributed by atoms with Crippen molar-refractivity contribution in [2.24, 2.45) is 5.92 Å². The van der Waals surface area contributed by atoms with Crippen molar-refractivity contribution >= 4 is 12.0 Å². The third-order valence-electron chi connectivity index (χ3n) is 3.11. The van der Waals surface area contributed by atoms with E-state index >= 15 is 0 Å². The Hall–Kier alpha value is -1.26. The maximum atomic E-state index is 11.9. The summed E-state index contributed by atoms with van der Waals surface area (Å²) >= 11 is 0. The highest BCUT2D eigenvalue weighted by atomic mass is 16.4. The van der Waals surface area contributed by atoms with Gasteiger partial charge in [-0.1, -0.05) is 20.3 Å². The molecule has 0 aromatic heterocycles. The van der Waals surface area contributed by atoms with Gasteiger partial charge in [-0.15, -0.1) is 0 Å². The van der Waals surface area contributed by atoms with Crippen molar-refractivity contribution in [3.05, 3.63) is 0 Å². The molecule has 1 fully saturated rings. The molecular weight excluding hydrogens is 220 g/mol. The number of carboxylic acid groups (broad SMARTS) is 1. The number of nitrogens with zero attached hydrogens (tertiary/aromatic N) is 1. The van der Waals surface area contributed by atoms with Crippen molar-refractivity contribution in [1.82, 2.24) is 10.2 Å². The largest absolute Gasteiger partial charge is 0.481 e. The van der Waals surface area contributed by atoms with Crippen LogP contribution in [0.25, 0.3) is 0 Å². The van der Waals surface area contributed by atoms with Crippen molar-refractivity contribution in [3.8, 4) is 0 Å². The monoisotopic (exact) mass is 242 g/mol. The van der Waals surface area contributed by atoms with E-state index in [1.807, 2.05) is 0 Å². The predicted molar refractivity (Wildman–Crippen MR) is 64.8 cm³/mol. The molecule has 0 aromatic rings. The molecule has 2 amide bonds. The molecule has 0 aliphatic heterocycles. The highest BCUT2D eigenvalue weighted by molar-refractivity contribution is 5.76. The Morgan fingerprint density at radius 3 is 2.59 bits per heavy atom. The number of rotatable bonds is 7. The minimum Gasteiger partial charge on any atom is -0.481 e. The summed E-state index contributed by atoms with van der Waals surface area (Å²) < 4.78 is 0. The predicted octanol–water partition coefficient (Wildman–Crippen LogP) is 1.68. The second kappa shape index (κ2) is 6.47. The lowest BCUT2D eigenvalue weighted by atomic mass is 10.1. The summed E-state index contributed by atoms with van der Waals surface area (Å²) in [6.07, 6.45) is 3.04. The Balaban J connectivity index is 2.35. The van der Waals surface area contributed by atoms with Crippen LogP contribution in [0.5, 0.6) is 0 Å². The maximum Gasteiger partial charge on any atom is 0.317 e. The molecule has 0 spiro atoms. The highest BCUT2D eigenvalue weighted by Gasteiger charge is 2.32. The molecule has 0 heterocycles. The fourth-order valence-electron chi connectivity index (χ4n) is 1.56. The molecular formula is C12H22N2O3.